The third-order valence-electron chi connectivity index (χ3n) is 4.75. The van der Waals surface area contributed by atoms with Gasteiger partial charge in [0, 0.05) is 15.6 Å². The molecule has 0 saturated heterocycles. The Labute approximate surface area is 205 Å². The Bertz CT molecular complexity index is 1330. The minimum absolute atomic E-state index is 0.0622. The molecule has 0 aliphatic carbocycles. The van der Waals surface area contributed by atoms with E-state index in [1.807, 2.05) is 66.7 Å². The first-order valence-electron chi connectivity index (χ1n) is 10.4. The maximum atomic E-state index is 12.8. The monoisotopic (exact) mass is 513 g/mol. The summed E-state index contributed by atoms with van der Waals surface area (Å²) in [5.41, 5.74) is 4.63. The maximum absolute atomic E-state index is 12.8. The average molecular weight is 514 g/mol. The van der Waals surface area contributed by atoms with E-state index < -0.39 is 11.8 Å². The van der Waals surface area contributed by atoms with Gasteiger partial charge < -0.3 is 9.73 Å². The minimum atomic E-state index is -0.566. The molecule has 3 aromatic carbocycles. The van der Waals surface area contributed by atoms with Crippen LogP contribution in [0, 0.1) is 0 Å². The van der Waals surface area contributed by atoms with Crippen LogP contribution in [0.15, 0.2) is 117 Å². The highest BCUT2D eigenvalue weighted by Crippen LogP contribution is 2.23. The molecule has 168 valence electrons. The molecule has 0 spiro atoms. The van der Waals surface area contributed by atoms with Crippen LogP contribution >= 0.6 is 15.9 Å². The molecule has 0 radical (unpaired) electrons. The molecule has 4 rings (SSSR count). The van der Waals surface area contributed by atoms with Crippen molar-refractivity contribution in [3.05, 3.63) is 124 Å². The maximum Gasteiger partial charge on any atom is 0.287 e. The van der Waals surface area contributed by atoms with Crippen LogP contribution in [0.1, 0.15) is 21.7 Å². The van der Waals surface area contributed by atoms with Crippen molar-refractivity contribution in [3.63, 3.8) is 0 Å². The second-order valence-corrected chi connectivity index (χ2v) is 8.11. The molecular formula is C27H20BrN3O3. The van der Waals surface area contributed by atoms with E-state index in [0.717, 1.165) is 15.6 Å². The molecule has 2 amide bonds. The summed E-state index contributed by atoms with van der Waals surface area (Å²) >= 11 is 3.41. The first-order valence-corrected chi connectivity index (χ1v) is 11.2. The van der Waals surface area contributed by atoms with Crippen molar-refractivity contribution >= 4 is 40.0 Å². The average Bonchev–Trinajstić information content (AvgIpc) is 3.34. The van der Waals surface area contributed by atoms with Gasteiger partial charge in [0.1, 0.15) is 17.2 Å². The highest BCUT2D eigenvalue weighted by molar-refractivity contribution is 9.10. The fraction of sp³-hybridized carbons (Fsp3) is 0. The topological polar surface area (TPSA) is 83.7 Å². The van der Waals surface area contributed by atoms with Crippen molar-refractivity contribution in [2.75, 3.05) is 0 Å². The summed E-state index contributed by atoms with van der Waals surface area (Å²) in [6.07, 6.45) is 2.99. The number of nitrogens with one attached hydrogen (secondary N) is 2. The van der Waals surface area contributed by atoms with Crippen LogP contribution in [0.25, 0.3) is 17.4 Å². The van der Waals surface area contributed by atoms with E-state index in [1.165, 1.54) is 6.21 Å². The van der Waals surface area contributed by atoms with Gasteiger partial charge in [0.25, 0.3) is 11.8 Å². The number of benzene rings is 3. The standard InChI is InChI=1S/C27H20BrN3O3/c28-22-13-11-20(12-14-22)25-16-15-23(34-25)18-29-31-27(33)24(17-19-7-3-1-4-8-19)30-26(32)21-9-5-2-6-10-21/h1-18H,(H,30,32)(H,31,33)/b24-17-,29-18+. The Kier molecular flexibility index (Phi) is 7.47. The van der Waals surface area contributed by atoms with E-state index in [1.54, 1.807) is 36.4 Å². The van der Waals surface area contributed by atoms with Crippen molar-refractivity contribution in [1.82, 2.24) is 10.7 Å². The van der Waals surface area contributed by atoms with Gasteiger partial charge in [0.2, 0.25) is 0 Å². The lowest BCUT2D eigenvalue weighted by molar-refractivity contribution is -0.117. The van der Waals surface area contributed by atoms with Crippen LogP contribution in [-0.4, -0.2) is 18.0 Å². The zero-order valence-electron chi connectivity index (χ0n) is 17.9. The lowest BCUT2D eigenvalue weighted by atomic mass is 10.1. The largest absolute Gasteiger partial charge is 0.455 e. The number of halogens is 1. The molecule has 0 unspecified atom stereocenters. The van der Waals surface area contributed by atoms with Crippen molar-refractivity contribution in [3.8, 4) is 11.3 Å². The summed E-state index contributed by atoms with van der Waals surface area (Å²) in [4.78, 5) is 25.4. The Morgan fingerprint density at radius 2 is 1.50 bits per heavy atom. The van der Waals surface area contributed by atoms with Gasteiger partial charge in [-0.25, -0.2) is 5.43 Å². The van der Waals surface area contributed by atoms with Gasteiger partial charge in [-0.05, 0) is 48.0 Å². The molecule has 1 aromatic heterocycles. The molecule has 34 heavy (non-hydrogen) atoms. The number of carbonyl (C=O) groups excluding carboxylic acids is 2. The zero-order valence-corrected chi connectivity index (χ0v) is 19.5. The van der Waals surface area contributed by atoms with E-state index in [0.29, 0.717) is 17.1 Å². The number of hydrogen-bond donors (Lipinski definition) is 2. The Morgan fingerprint density at radius 3 is 2.21 bits per heavy atom. The van der Waals surface area contributed by atoms with Crippen molar-refractivity contribution in [2.45, 2.75) is 0 Å². The molecule has 4 aromatic rings. The first-order chi connectivity index (χ1) is 16.6. The molecule has 7 heteroatoms. The molecule has 1 heterocycles. The van der Waals surface area contributed by atoms with Crippen LogP contribution in [0.4, 0.5) is 0 Å². The van der Waals surface area contributed by atoms with Crippen LogP contribution in [0.3, 0.4) is 0 Å². The molecule has 0 aliphatic rings. The van der Waals surface area contributed by atoms with Crippen molar-refractivity contribution < 1.29 is 14.0 Å². The number of amides is 2. The highest BCUT2D eigenvalue weighted by atomic mass is 79.9. The number of hydrazone groups is 1. The van der Waals surface area contributed by atoms with Gasteiger partial charge in [0.15, 0.2) is 0 Å². The van der Waals surface area contributed by atoms with Crippen LogP contribution in [0.2, 0.25) is 0 Å². The zero-order chi connectivity index (χ0) is 23.8. The number of hydrogen-bond acceptors (Lipinski definition) is 4. The highest BCUT2D eigenvalue weighted by Gasteiger charge is 2.14. The molecule has 0 atom stereocenters. The van der Waals surface area contributed by atoms with Gasteiger partial charge >= 0.3 is 0 Å². The van der Waals surface area contributed by atoms with Gasteiger partial charge in [-0.3, -0.25) is 9.59 Å². The molecular weight excluding hydrogens is 494 g/mol. The first kappa shape index (κ1) is 22.9. The Balaban J connectivity index is 1.47. The third kappa shape index (κ3) is 6.17. The number of carbonyl (C=O) groups is 2. The summed E-state index contributed by atoms with van der Waals surface area (Å²) in [5, 5.41) is 6.66. The number of nitrogens with zero attached hydrogens (tertiary/aromatic N) is 1. The molecule has 6 nitrogen and oxygen atoms in total. The molecule has 0 aliphatic heterocycles. The molecule has 0 bridgehead atoms. The molecule has 0 fully saturated rings. The minimum Gasteiger partial charge on any atom is -0.455 e. The van der Waals surface area contributed by atoms with E-state index >= 15 is 0 Å². The van der Waals surface area contributed by atoms with E-state index in [4.69, 9.17) is 4.42 Å². The summed E-state index contributed by atoms with van der Waals surface area (Å²) in [5.74, 6) is 0.191. The second-order valence-electron chi connectivity index (χ2n) is 7.20. The second kappa shape index (κ2) is 11.1. The summed E-state index contributed by atoms with van der Waals surface area (Å²) in [6.45, 7) is 0. The fourth-order valence-corrected chi connectivity index (χ4v) is 3.33. The Morgan fingerprint density at radius 1 is 0.824 bits per heavy atom. The van der Waals surface area contributed by atoms with Crippen LogP contribution < -0.4 is 10.7 Å². The third-order valence-corrected chi connectivity index (χ3v) is 5.28. The predicted octanol–water partition coefficient (Wildman–Crippen LogP) is 5.63. The SMILES string of the molecule is O=C(N/N=C/c1ccc(-c2ccc(Br)cc2)o1)/C(=C/c1ccccc1)NC(=O)c1ccccc1. The smallest absolute Gasteiger partial charge is 0.287 e. The predicted molar refractivity (Wildman–Crippen MR) is 136 cm³/mol. The fourth-order valence-electron chi connectivity index (χ4n) is 3.06. The quantitative estimate of drug-likeness (QED) is 0.191. The lowest BCUT2D eigenvalue weighted by Crippen LogP contribution is -2.32. The van der Waals surface area contributed by atoms with Crippen LogP contribution in [0.5, 0.6) is 0 Å². The molecule has 2 N–H and O–H groups in total. The van der Waals surface area contributed by atoms with E-state index in [2.05, 4.69) is 31.8 Å². The number of rotatable bonds is 7. The van der Waals surface area contributed by atoms with Gasteiger partial charge in [-0.1, -0.05) is 76.6 Å². The van der Waals surface area contributed by atoms with Gasteiger partial charge in [-0.2, -0.15) is 5.10 Å². The van der Waals surface area contributed by atoms with Crippen molar-refractivity contribution in [1.29, 1.82) is 0 Å². The normalized spacial score (nSPS) is 11.4. The van der Waals surface area contributed by atoms with Crippen LogP contribution in [-0.2, 0) is 4.79 Å². The summed E-state index contributed by atoms with van der Waals surface area (Å²) in [6, 6.07) is 29.2. The number of furan rings is 1. The Hall–Kier alpha value is -4.23. The van der Waals surface area contributed by atoms with Gasteiger partial charge in [0.05, 0.1) is 6.21 Å². The van der Waals surface area contributed by atoms with Gasteiger partial charge in [-0.15, -0.1) is 0 Å². The summed E-state index contributed by atoms with van der Waals surface area (Å²) < 4.78 is 6.75. The van der Waals surface area contributed by atoms with E-state index in [9.17, 15) is 9.59 Å². The van der Waals surface area contributed by atoms with E-state index in [-0.39, 0.29) is 5.70 Å². The summed E-state index contributed by atoms with van der Waals surface area (Å²) in [7, 11) is 0. The van der Waals surface area contributed by atoms with Crippen molar-refractivity contribution in [2.24, 2.45) is 5.10 Å². The molecule has 0 saturated carbocycles. The lowest BCUT2D eigenvalue weighted by Gasteiger charge is -2.09.